The standard InChI is InChI=1S/C21H19ClN6O5/c1-11-18(20(29)26-15-9-16(32-2)14(22)8-17(15)33-3)19(27-21(25-11)23-10-24-27)12-4-6-13(7-5-12)28(30)31/h4-10,19H,1-3H3,(H,26,29)(H,23,24,25)/t19-/m0/s1. The Bertz CT molecular complexity index is 1270. The Labute approximate surface area is 193 Å². The Morgan fingerprint density at radius 1 is 1.21 bits per heavy atom. The lowest BCUT2D eigenvalue weighted by Crippen LogP contribution is -2.31. The molecular weight excluding hydrogens is 452 g/mol. The monoisotopic (exact) mass is 470 g/mol. The molecule has 0 radical (unpaired) electrons. The number of amides is 1. The minimum Gasteiger partial charge on any atom is -0.495 e. The topological polar surface area (TPSA) is 133 Å². The molecule has 3 aromatic rings. The molecule has 0 aliphatic carbocycles. The van der Waals surface area contributed by atoms with Crippen molar-refractivity contribution in [1.82, 2.24) is 14.8 Å². The molecule has 1 amide bonds. The molecule has 11 nitrogen and oxygen atoms in total. The Morgan fingerprint density at radius 2 is 1.91 bits per heavy atom. The van der Waals surface area contributed by atoms with Crippen molar-refractivity contribution in [2.45, 2.75) is 13.0 Å². The van der Waals surface area contributed by atoms with Gasteiger partial charge in [0.25, 0.3) is 11.6 Å². The molecule has 1 aliphatic heterocycles. The number of hydrogen-bond acceptors (Lipinski definition) is 8. The van der Waals surface area contributed by atoms with Crippen LogP contribution >= 0.6 is 11.6 Å². The van der Waals surface area contributed by atoms with E-state index in [0.29, 0.717) is 45.0 Å². The summed E-state index contributed by atoms with van der Waals surface area (Å²) in [5, 5.41) is 21.6. The number of hydrogen-bond donors (Lipinski definition) is 2. The van der Waals surface area contributed by atoms with E-state index in [0.717, 1.165) is 0 Å². The maximum atomic E-state index is 13.5. The Hall–Kier alpha value is -4.12. The summed E-state index contributed by atoms with van der Waals surface area (Å²) < 4.78 is 12.1. The molecule has 12 heteroatoms. The van der Waals surface area contributed by atoms with Gasteiger partial charge in [0.05, 0.1) is 35.4 Å². The van der Waals surface area contributed by atoms with Crippen LogP contribution in [0.3, 0.4) is 0 Å². The van der Waals surface area contributed by atoms with Crippen molar-refractivity contribution in [2.24, 2.45) is 0 Å². The summed E-state index contributed by atoms with van der Waals surface area (Å²) in [6.45, 7) is 1.74. The van der Waals surface area contributed by atoms with E-state index >= 15 is 0 Å². The number of halogens is 1. The number of benzene rings is 2. The molecule has 0 spiro atoms. The summed E-state index contributed by atoms with van der Waals surface area (Å²) in [6, 6.07) is 8.37. The smallest absolute Gasteiger partial charge is 0.269 e. The summed E-state index contributed by atoms with van der Waals surface area (Å²) >= 11 is 6.17. The number of nitrogens with one attached hydrogen (secondary N) is 2. The number of fused-ring (bicyclic) bond motifs is 1. The first-order valence-corrected chi connectivity index (χ1v) is 10.1. The van der Waals surface area contributed by atoms with Crippen molar-refractivity contribution >= 4 is 34.8 Å². The third-order valence-corrected chi connectivity index (χ3v) is 5.48. The van der Waals surface area contributed by atoms with Crippen molar-refractivity contribution in [3.63, 3.8) is 0 Å². The molecule has 2 N–H and O–H groups in total. The Balaban J connectivity index is 1.76. The number of allylic oxidation sites excluding steroid dienone is 1. The molecule has 2 aromatic carbocycles. The number of nitrogens with zero attached hydrogens (tertiary/aromatic N) is 4. The minimum atomic E-state index is -0.676. The van der Waals surface area contributed by atoms with Gasteiger partial charge in [0.15, 0.2) is 0 Å². The number of anilines is 2. The van der Waals surface area contributed by atoms with Gasteiger partial charge in [-0.15, -0.1) is 0 Å². The lowest BCUT2D eigenvalue weighted by molar-refractivity contribution is -0.384. The molecule has 170 valence electrons. The fourth-order valence-corrected chi connectivity index (χ4v) is 3.85. The quantitative estimate of drug-likeness (QED) is 0.410. The molecule has 0 bridgehead atoms. The van der Waals surface area contributed by atoms with Crippen LogP contribution in [0, 0.1) is 10.1 Å². The molecule has 0 fully saturated rings. The van der Waals surface area contributed by atoms with Gasteiger partial charge in [-0.1, -0.05) is 11.6 Å². The Kier molecular flexibility index (Phi) is 5.88. The lowest BCUT2D eigenvalue weighted by atomic mass is 9.94. The predicted octanol–water partition coefficient (Wildman–Crippen LogP) is 3.78. The molecular formula is C21H19ClN6O5. The van der Waals surface area contributed by atoms with Gasteiger partial charge in [0, 0.05) is 30.0 Å². The van der Waals surface area contributed by atoms with Crippen LogP contribution in [-0.2, 0) is 4.79 Å². The fourth-order valence-electron chi connectivity index (χ4n) is 3.62. The van der Waals surface area contributed by atoms with Crippen LogP contribution in [0.15, 0.2) is 54.0 Å². The van der Waals surface area contributed by atoms with Crippen LogP contribution < -0.4 is 20.1 Å². The van der Waals surface area contributed by atoms with E-state index in [1.54, 1.807) is 35.9 Å². The van der Waals surface area contributed by atoms with Crippen LogP contribution in [0.25, 0.3) is 0 Å². The second-order valence-electron chi connectivity index (χ2n) is 7.08. The van der Waals surface area contributed by atoms with Crippen LogP contribution in [0.1, 0.15) is 18.5 Å². The van der Waals surface area contributed by atoms with E-state index in [1.807, 2.05) is 0 Å². The molecule has 1 aromatic heterocycles. The predicted molar refractivity (Wildman–Crippen MR) is 121 cm³/mol. The summed E-state index contributed by atoms with van der Waals surface area (Å²) in [4.78, 5) is 28.3. The summed E-state index contributed by atoms with van der Waals surface area (Å²) in [6.07, 6.45) is 1.36. The van der Waals surface area contributed by atoms with E-state index < -0.39 is 16.9 Å². The largest absolute Gasteiger partial charge is 0.495 e. The molecule has 0 unspecified atom stereocenters. The third-order valence-electron chi connectivity index (χ3n) is 5.18. The van der Waals surface area contributed by atoms with E-state index in [9.17, 15) is 14.9 Å². The number of carbonyl (C=O) groups excluding carboxylic acids is 1. The summed E-state index contributed by atoms with van der Waals surface area (Å²) in [7, 11) is 2.93. The lowest BCUT2D eigenvalue weighted by Gasteiger charge is -2.29. The van der Waals surface area contributed by atoms with Gasteiger partial charge in [-0.05, 0) is 24.6 Å². The average molecular weight is 471 g/mol. The first kappa shape index (κ1) is 22.1. The number of ether oxygens (including phenoxy) is 2. The van der Waals surface area contributed by atoms with Crippen molar-refractivity contribution < 1.29 is 19.2 Å². The zero-order chi connectivity index (χ0) is 23.7. The molecule has 1 atom stereocenters. The van der Waals surface area contributed by atoms with Crippen LogP contribution in [-0.4, -0.2) is 39.8 Å². The molecule has 0 saturated carbocycles. The SMILES string of the molecule is COc1cc(NC(=O)C2=C(C)Nc3ncnn3[C@H]2c2ccc([N+](=O)[O-])cc2)c(OC)cc1Cl. The highest BCUT2D eigenvalue weighted by Crippen LogP contribution is 2.39. The number of rotatable bonds is 6. The van der Waals surface area contributed by atoms with Crippen molar-refractivity contribution in [2.75, 3.05) is 24.9 Å². The van der Waals surface area contributed by atoms with E-state index in [2.05, 4.69) is 20.7 Å². The number of nitro benzene ring substituents is 1. The fraction of sp³-hybridized carbons (Fsp3) is 0.190. The second kappa shape index (κ2) is 8.79. The number of carbonyl (C=O) groups is 1. The van der Waals surface area contributed by atoms with E-state index in [1.165, 1.54) is 32.7 Å². The molecule has 1 aliphatic rings. The average Bonchev–Trinajstić information content (AvgIpc) is 3.26. The summed E-state index contributed by atoms with van der Waals surface area (Å²) in [5.74, 6) is 0.723. The van der Waals surface area contributed by atoms with Gasteiger partial charge < -0.3 is 20.1 Å². The van der Waals surface area contributed by atoms with Crippen LogP contribution in [0.4, 0.5) is 17.3 Å². The minimum absolute atomic E-state index is 0.0591. The molecule has 33 heavy (non-hydrogen) atoms. The zero-order valence-corrected chi connectivity index (χ0v) is 18.6. The van der Waals surface area contributed by atoms with Crippen LogP contribution in [0.2, 0.25) is 5.02 Å². The molecule has 4 rings (SSSR count). The first-order valence-electron chi connectivity index (χ1n) is 9.68. The third kappa shape index (κ3) is 4.05. The highest BCUT2D eigenvalue weighted by molar-refractivity contribution is 6.32. The van der Waals surface area contributed by atoms with Gasteiger partial charge in [-0.2, -0.15) is 10.1 Å². The second-order valence-corrected chi connectivity index (χ2v) is 7.49. The molecule has 0 saturated heterocycles. The summed E-state index contributed by atoms with van der Waals surface area (Å²) in [5.41, 5.74) is 1.82. The first-order chi connectivity index (χ1) is 15.8. The van der Waals surface area contributed by atoms with Gasteiger partial charge in [-0.25, -0.2) is 4.68 Å². The van der Waals surface area contributed by atoms with Crippen LogP contribution in [0.5, 0.6) is 11.5 Å². The van der Waals surface area contributed by atoms with E-state index in [-0.39, 0.29) is 5.69 Å². The maximum absolute atomic E-state index is 13.5. The normalized spacial score (nSPS) is 14.8. The number of nitro groups is 1. The zero-order valence-electron chi connectivity index (χ0n) is 17.8. The van der Waals surface area contributed by atoms with Gasteiger partial charge in [-0.3, -0.25) is 14.9 Å². The number of non-ortho nitro benzene ring substituents is 1. The molecule has 2 heterocycles. The van der Waals surface area contributed by atoms with Gasteiger partial charge in [0.2, 0.25) is 5.95 Å². The number of aromatic nitrogens is 3. The highest BCUT2D eigenvalue weighted by Gasteiger charge is 2.34. The van der Waals surface area contributed by atoms with Gasteiger partial charge in [0.1, 0.15) is 23.9 Å². The van der Waals surface area contributed by atoms with Crippen molar-refractivity contribution in [3.05, 3.63) is 74.7 Å². The van der Waals surface area contributed by atoms with Gasteiger partial charge >= 0.3 is 0 Å². The Morgan fingerprint density at radius 3 is 2.55 bits per heavy atom. The number of methoxy groups -OCH3 is 2. The van der Waals surface area contributed by atoms with Crippen molar-refractivity contribution in [3.8, 4) is 11.5 Å². The van der Waals surface area contributed by atoms with E-state index in [4.69, 9.17) is 21.1 Å². The maximum Gasteiger partial charge on any atom is 0.269 e. The highest BCUT2D eigenvalue weighted by atomic mass is 35.5. The van der Waals surface area contributed by atoms with Crippen molar-refractivity contribution in [1.29, 1.82) is 0 Å².